The van der Waals surface area contributed by atoms with Gasteiger partial charge < -0.3 is 19.2 Å². The summed E-state index contributed by atoms with van der Waals surface area (Å²) in [6.45, 7) is 3.34. The third-order valence-electron chi connectivity index (χ3n) is 5.47. The van der Waals surface area contributed by atoms with Gasteiger partial charge in [-0.1, -0.05) is 43.2 Å². The lowest BCUT2D eigenvalue weighted by Gasteiger charge is -2.28. The Bertz CT molecular complexity index is 1080. The molecule has 0 bridgehead atoms. The van der Waals surface area contributed by atoms with Crippen LogP contribution in [0.25, 0.3) is 11.3 Å². The van der Waals surface area contributed by atoms with E-state index in [0.717, 1.165) is 30.6 Å². The number of carboxylic acids is 1. The second kappa shape index (κ2) is 12.6. The minimum absolute atomic E-state index is 0.189. The van der Waals surface area contributed by atoms with Gasteiger partial charge in [-0.05, 0) is 57.0 Å². The van der Waals surface area contributed by atoms with Crippen LogP contribution in [0.15, 0.2) is 71.3 Å². The molecule has 0 saturated heterocycles. The number of hydrogen-bond donors (Lipinski definition) is 1. The molecular formula is C28H33NO5. The number of carbonyl (C=O) groups excluding carboxylic acids is 1. The SMILES string of the molecule is [2H]C(c1ccccc1OCCCCCCC(=O)O)N(C(=O)c1ccc(-c2ccco2)cc1)C(C)C. The van der Waals surface area contributed by atoms with Crippen molar-refractivity contribution in [1.82, 2.24) is 4.90 Å². The third kappa shape index (κ3) is 7.24. The molecule has 1 N–H and O–H groups in total. The van der Waals surface area contributed by atoms with Gasteiger partial charge >= 0.3 is 5.97 Å². The first-order valence-corrected chi connectivity index (χ1v) is 11.7. The van der Waals surface area contributed by atoms with Crippen molar-refractivity contribution < 1.29 is 25.2 Å². The van der Waals surface area contributed by atoms with E-state index in [-0.39, 0.29) is 18.4 Å². The van der Waals surface area contributed by atoms with Crippen LogP contribution in [0, 0.1) is 0 Å². The van der Waals surface area contributed by atoms with Crippen molar-refractivity contribution in [3.63, 3.8) is 0 Å². The maximum absolute atomic E-state index is 13.4. The number of ether oxygens (including phenoxy) is 1. The van der Waals surface area contributed by atoms with Crippen molar-refractivity contribution in [2.45, 2.75) is 58.5 Å². The Morgan fingerprint density at radius 2 is 1.74 bits per heavy atom. The maximum Gasteiger partial charge on any atom is 0.303 e. The van der Waals surface area contributed by atoms with Gasteiger partial charge in [0.15, 0.2) is 0 Å². The number of para-hydroxylation sites is 1. The summed E-state index contributed by atoms with van der Waals surface area (Å²) in [5, 5.41) is 8.72. The van der Waals surface area contributed by atoms with Gasteiger partial charge in [0.25, 0.3) is 5.91 Å². The lowest BCUT2D eigenvalue weighted by Crippen LogP contribution is -2.36. The fraction of sp³-hybridized carbons (Fsp3) is 0.357. The molecule has 1 atom stereocenters. The fourth-order valence-corrected chi connectivity index (χ4v) is 3.59. The average molecular weight is 465 g/mol. The van der Waals surface area contributed by atoms with Crippen molar-refractivity contribution in [2.24, 2.45) is 0 Å². The number of benzene rings is 2. The van der Waals surface area contributed by atoms with Gasteiger partial charge in [0, 0.05) is 35.7 Å². The van der Waals surface area contributed by atoms with E-state index < -0.39 is 12.5 Å². The number of rotatable bonds is 13. The van der Waals surface area contributed by atoms with Crippen LogP contribution in [0.2, 0.25) is 0 Å². The van der Waals surface area contributed by atoms with Crippen LogP contribution in [0.5, 0.6) is 5.75 Å². The quantitative estimate of drug-likeness (QED) is 0.296. The summed E-state index contributed by atoms with van der Waals surface area (Å²) in [5.74, 6) is 0.328. The van der Waals surface area contributed by atoms with E-state index in [1.54, 1.807) is 23.3 Å². The van der Waals surface area contributed by atoms with E-state index in [0.29, 0.717) is 29.9 Å². The molecule has 0 saturated carbocycles. The molecule has 0 aliphatic heterocycles. The highest BCUT2D eigenvalue weighted by molar-refractivity contribution is 5.94. The zero-order valence-corrected chi connectivity index (χ0v) is 19.8. The van der Waals surface area contributed by atoms with Gasteiger partial charge in [-0.2, -0.15) is 0 Å². The first-order chi connectivity index (χ1) is 16.9. The molecule has 180 valence electrons. The molecule has 0 radical (unpaired) electrons. The zero-order valence-electron chi connectivity index (χ0n) is 20.8. The van der Waals surface area contributed by atoms with E-state index in [2.05, 4.69) is 0 Å². The number of amides is 1. The molecule has 3 rings (SSSR count). The molecule has 1 aromatic heterocycles. The van der Waals surface area contributed by atoms with Gasteiger partial charge in [0.05, 0.1) is 14.2 Å². The van der Waals surface area contributed by atoms with Crippen LogP contribution in [0.3, 0.4) is 0 Å². The molecule has 1 amide bonds. The van der Waals surface area contributed by atoms with Gasteiger partial charge in [-0.15, -0.1) is 0 Å². The average Bonchev–Trinajstić information content (AvgIpc) is 3.38. The first-order valence-electron chi connectivity index (χ1n) is 12.3. The molecule has 1 unspecified atom stereocenters. The minimum Gasteiger partial charge on any atom is -0.493 e. The van der Waals surface area contributed by atoms with Crippen LogP contribution >= 0.6 is 0 Å². The zero-order chi connectivity index (χ0) is 25.2. The van der Waals surface area contributed by atoms with Crippen molar-refractivity contribution in [3.05, 3.63) is 78.1 Å². The highest BCUT2D eigenvalue weighted by Gasteiger charge is 2.21. The topological polar surface area (TPSA) is 80.0 Å². The van der Waals surface area contributed by atoms with E-state index >= 15 is 0 Å². The summed E-state index contributed by atoms with van der Waals surface area (Å²) in [6.07, 6.45) is 4.98. The van der Waals surface area contributed by atoms with Gasteiger partial charge in [-0.3, -0.25) is 9.59 Å². The summed E-state index contributed by atoms with van der Waals surface area (Å²) in [6, 6.07) is 18.0. The molecule has 0 aliphatic rings. The summed E-state index contributed by atoms with van der Waals surface area (Å²) < 4.78 is 20.3. The Morgan fingerprint density at radius 3 is 2.41 bits per heavy atom. The second-order valence-corrected chi connectivity index (χ2v) is 8.43. The first kappa shape index (κ1) is 23.6. The molecule has 3 aromatic rings. The Morgan fingerprint density at radius 1 is 1.00 bits per heavy atom. The molecule has 2 aromatic carbocycles. The fourth-order valence-electron chi connectivity index (χ4n) is 3.59. The highest BCUT2D eigenvalue weighted by atomic mass is 16.5. The Balaban J connectivity index is 1.67. The van der Waals surface area contributed by atoms with E-state index in [9.17, 15) is 9.59 Å². The summed E-state index contributed by atoms with van der Waals surface area (Å²) in [4.78, 5) is 25.6. The van der Waals surface area contributed by atoms with Crippen LogP contribution < -0.4 is 4.74 Å². The standard InChI is InChI=1S/C28H33NO5/c1-21(2)29(28(32)23-16-14-22(15-17-23)25-12-9-19-34-25)20-24-10-6-7-11-26(24)33-18-8-4-3-5-13-27(30)31/h6-7,9-12,14-17,19,21H,3-5,8,13,18,20H2,1-2H3,(H,30,31)/i20D. The predicted molar refractivity (Wildman–Crippen MR) is 132 cm³/mol. The maximum atomic E-state index is 13.4. The molecule has 34 heavy (non-hydrogen) atoms. The summed E-state index contributed by atoms with van der Waals surface area (Å²) in [5.41, 5.74) is 2.02. The number of nitrogens with zero attached hydrogens (tertiary/aromatic N) is 1. The van der Waals surface area contributed by atoms with Crippen LogP contribution in [0.4, 0.5) is 0 Å². The van der Waals surface area contributed by atoms with Crippen molar-refractivity contribution >= 4 is 11.9 Å². The van der Waals surface area contributed by atoms with Crippen LogP contribution in [-0.2, 0) is 11.3 Å². The Labute approximate surface area is 202 Å². The molecule has 6 nitrogen and oxygen atoms in total. The number of furan rings is 1. The van der Waals surface area contributed by atoms with Crippen LogP contribution in [0.1, 0.15) is 63.2 Å². The lowest BCUT2D eigenvalue weighted by atomic mass is 10.1. The summed E-state index contributed by atoms with van der Waals surface area (Å²) in [7, 11) is 0. The van der Waals surface area contributed by atoms with Gasteiger partial charge in [0.1, 0.15) is 11.5 Å². The predicted octanol–water partition coefficient (Wildman–Crippen LogP) is 6.41. The summed E-state index contributed by atoms with van der Waals surface area (Å²) >= 11 is 0. The number of hydrogen-bond acceptors (Lipinski definition) is 4. The van der Waals surface area contributed by atoms with E-state index in [4.69, 9.17) is 15.6 Å². The van der Waals surface area contributed by atoms with Gasteiger partial charge in [-0.25, -0.2) is 0 Å². The number of carboxylic acid groups (broad SMARTS) is 1. The monoisotopic (exact) mass is 464 g/mol. The smallest absolute Gasteiger partial charge is 0.303 e. The van der Waals surface area contributed by atoms with E-state index in [1.807, 2.05) is 62.4 Å². The van der Waals surface area contributed by atoms with Crippen molar-refractivity contribution in [2.75, 3.05) is 6.61 Å². The highest BCUT2D eigenvalue weighted by Crippen LogP contribution is 2.24. The number of carbonyl (C=O) groups is 2. The normalized spacial score (nSPS) is 12.3. The van der Waals surface area contributed by atoms with Gasteiger partial charge in [0.2, 0.25) is 0 Å². The van der Waals surface area contributed by atoms with Crippen molar-refractivity contribution in [1.29, 1.82) is 0 Å². The molecule has 0 aliphatic carbocycles. The molecule has 0 fully saturated rings. The lowest BCUT2D eigenvalue weighted by molar-refractivity contribution is -0.137. The second-order valence-electron chi connectivity index (χ2n) is 8.43. The number of unbranched alkanes of at least 4 members (excludes halogenated alkanes) is 3. The Hall–Kier alpha value is -3.54. The largest absolute Gasteiger partial charge is 0.493 e. The minimum atomic E-state index is -0.931. The van der Waals surface area contributed by atoms with Crippen molar-refractivity contribution in [3.8, 4) is 17.1 Å². The third-order valence-corrected chi connectivity index (χ3v) is 5.47. The van der Waals surface area contributed by atoms with Crippen LogP contribution in [-0.4, -0.2) is 34.5 Å². The number of aliphatic carboxylic acids is 1. The molecule has 6 heteroatoms. The Kier molecular flexibility index (Phi) is 8.77. The molecular weight excluding hydrogens is 430 g/mol. The molecule has 0 spiro atoms. The van der Waals surface area contributed by atoms with E-state index in [1.165, 1.54) is 0 Å². The molecule has 1 heterocycles.